The van der Waals surface area contributed by atoms with Crippen LogP contribution >= 0.6 is 0 Å². The number of methoxy groups -OCH3 is 1. The van der Waals surface area contributed by atoms with Gasteiger partial charge in [-0.1, -0.05) is 6.07 Å². The molecule has 2 rings (SSSR count). The fourth-order valence-corrected chi connectivity index (χ4v) is 2.51. The molecule has 1 aliphatic rings. The van der Waals surface area contributed by atoms with Gasteiger partial charge in [0, 0.05) is 19.5 Å². The molecule has 0 aliphatic carbocycles. The number of carbonyl (C=O) groups excluding carboxylic acids is 1. The number of nitrogens with zero attached hydrogens (tertiary/aromatic N) is 1. The van der Waals surface area contributed by atoms with Gasteiger partial charge < -0.3 is 24.4 Å². The second-order valence-corrected chi connectivity index (χ2v) is 5.83. The Morgan fingerprint density at radius 2 is 2.26 bits per heavy atom. The van der Waals surface area contributed by atoms with Crippen LogP contribution in [0.2, 0.25) is 0 Å². The van der Waals surface area contributed by atoms with Gasteiger partial charge in [0.1, 0.15) is 5.75 Å². The molecule has 1 saturated heterocycles. The van der Waals surface area contributed by atoms with E-state index in [0.29, 0.717) is 44.2 Å². The lowest BCUT2D eigenvalue weighted by molar-refractivity contribution is -0.117. The topological polar surface area (TPSA) is 60.0 Å². The number of benzene rings is 1. The molecule has 23 heavy (non-hydrogen) atoms. The van der Waals surface area contributed by atoms with Crippen LogP contribution in [0, 0.1) is 6.92 Å². The predicted octanol–water partition coefficient (Wildman–Crippen LogP) is 1.68. The number of amides is 1. The summed E-state index contributed by atoms with van der Waals surface area (Å²) >= 11 is 0. The Kier molecular flexibility index (Phi) is 6.83. The summed E-state index contributed by atoms with van der Waals surface area (Å²) in [5.41, 5.74) is 1.79. The van der Waals surface area contributed by atoms with E-state index >= 15 is 0 Å². The molecule has 1 heterocycles. The summed E-state index contributed by atoms with van der Waals surface area (Å²) in [4.78, 5) is 14.2. The SMILES string of the molecule is COc1ccc(C)cc1NC(=O)CCN(C)C[C@@H]1COCCO1. The largest absolute Gasteiger partial charge is 0.495 e. The molecule has 6 nitrogen and oxygen atoms in total. The zero-order valence-electron chi connectivity index (χ0n) is 14.1. The number of nitrogens with one attached hydrogen (secondary N) is 1. The highest BCUT2D eigenvalue weighted by Gasteiger charge is 2.17. The first-order chi connectivity index (χ1) is 11.1. The number of ether oxygens (including phenoxy) is 3. The van der Waals surface area contributed by atoms with Gasteiger partial charge in [-0.2, -0.15) is 0 Å². The lowest BCUT2D eigenvalue weighted by atomic mass is 10.2. The van der Waals surface area contributed by atoms with Crippen molar-refractivity contribution in [2.45, 2.75) is 19.4 Å². The minimum absolute atomic E-state index is 0.0263. The van der Waals surface area contributed by atoms with Crippen molar-refractivity contribution in [3.05, 3.63) is 23.8 Å². The maximum Gasteiger partial charge on any atom is 0.225 e. The number of hydrogen-bond donors (Lipinski definition) is 1. The van der Waals surface area contributed by atoms with Crippen LogP contribution in [-0.2, 0) is 14.3 Å². The summed E-state index contributed by atoms with van der Waals surface area (Å²) in [6.45, 7) is 5.35. The zero-order valence-corrected chi connectivity index (χ0v) is 14.1. The minimum atomic E-state index is -0.0263. The van der Waals surface area contributed by atoms with E-state index in [2.05, 4.69) is 10.2 Å². The van der Waals surface area contributed by atoms with E-state index in [0.717, 1.165) is 12.1 Å². The third kappa shape index (κ3) is 5.82. The first-order valence-electron chi connectivity index (χ1n) is 7.91. The van der Waals surface area contributed by atoms with Crippen LogP contribution in [0.5, 0.6) is 5.75 Å². The number of likely N-dealkylation sites (N-methyl/N-ethyl adjacent to an activating group) is 1. The van der Waals surface area contributed by atoms with Crippen LogP contribution in [0.4, 0.5) is 5.69 Å². The Morgan fingerprint density at radius 1 is 1.43 bits per heavy atom. The zero-order chi connectivity index (χ0) is 16.7. The highest BCUT2D eigenvalue weighted by atomic mass is 16.6. The summed E-state index contributed by atoms with van der Waals surface area (Å²) in [5.74, 6) is 0.645. The summed E-state index contributed by atoms with van der Waals surface area (Å²) in [5, 5.41) is 2.91. The number of hydrogen-bond acceptors (Lipinski definition) is 5. The molecule has 1 aromatic rings. The fourth-order valence-electron chi connectivity index (χ4n) is 2.51. The van der Waals surface area contributed by atoms with Gasteiger partial charge in [-0.05, 0) is 31.7 Å². The standard InChI is InChI=1S/C17H26N2O4/c1-13-4-5-16(21-3)15(10-13)18-17(20)6-7-19(2)11-14-12-22-8-9-23-14/h4-5,10,14H,6-9,11-12H2,1-3H3,(H,18,20)/t14-/m1/s1. The number of aryl methyl sites for hydroxylation is 1. The average Bonchev–Trinajstić information content (AvgIpc) is 2.54. The Labute approximate surface area is 137 Å². The third-order valence-corrected chi connectivity index (χ3v) is 3.75. The minimum Gasteiger partial charge on any atom is -0.495 e. The van der Waals surface area contributed by atoms with Crippen molar-refractivity contribution in [1.29, 1.82) is 0 Å². The number of rotatable bonds is 7. The molecule has 0 aromatic heterocycles. The molecule has 0 unspecified atom stereocenters. The summed E-state index contributed by atoms with van der Waals surface area (Å²) < 4.78 is 16.3. The third-order valence-electron chi connectivity index (χ3n) is 3.75. The summed E-state index contributed by atoms with van der Waals surface area (Å²) in [6.07, 6.45) is 0.509. The van der Waals surface area contributed by atoms with Crippen LogP contribution in [0.15, 0.2) is 18.2 Å². The van der Waals surface area contributed by atoms with Gasteiger partial charge in [0.15, 0.2) is 0 Å². The predicted molar refractivity (Wildman–Crippen MR) is 89.0 cm³/mol. The second kappa shape index (κ2) is 8.86. The van der Waals surface area contributed by atoms with E-state index in [1.807, 2.05) is 32.2 Å². The number of carbonyl (C=O) groups is 1. The van der Waals surface area contributed by atoms with Gasteiger partial charge >= 0.3 is 0 Å². The number of anilines is 1. The Hall–Kier alpha value is -1.63. The molecule has 0 radical (unpaired) electrons. The Balaban J connectivity index is 1.77. The molecule has 1 atom stereocenters. The van der Waals surface area contributed by atoms with Gasteiger partial charge in [-0.15, -0.1) is 0 Å². The summed E-state index contributed by atoms with van der Waals surface area (Å²) in [7, 11) is 3.58. The van der Waals surface area contributed by atoms with Gasteiger partial charge in [0.25, 0.3) is 0 Å². The van der Waals surface area contributed by atoms with Gasteiger partial charge in [0.2, 0.25) is 5.91 Å². The molecule has 128 valence electrons. The Bertz CT molecular complexity index is 515. The average molecular weight is 322 g/mol. The maximum absolute atomic E-state index is 12.1. The quantitative estimate of drug-likeness (QED) is 0.828. The van der Waals surface area contributed by atoms with Crippen LogP contribution < -0.4 is 10.1 Å². The van der Waals surface area contributed by atoms with E-state index < -0.39 is 0 Å². The monoisotopic (exact) mass is 322 g/mol. The van der Waals surface area contributed by atoms with Crippen molar-refractivity contribution in [3.63, 3.8) is 0 Å². The fraction of sp³-hybridized carbons (Fsp3) is 0.588. The van der Waals surface area contributed by atoms with E-state index in [9.17, 15) is 4.79 Å². The van der Waals surface area contributed by atoms with Crippen molar-refractivity contribution in [1.82, 2.24) is 4.90 Å². The van der Waals surface area contributed by atoms with Crippen LogP contribution in [0.25, 0.3) is 0 Å². The van der Waals surface area contributed by atoms with Crippen molar-refractivity contribution in [2.75, 3.05) is 52.4 Å². The van der Waals surface area contributed by atoms with Crippen LogP contribution in [0.3, 0.4) is 0 Å². The molecule has 1 amide bonds. The first-order valence-corrected chi connectivity index (χ1v) is 7.91. The van der Waals surface area contributed by atoms with E-state index in [4.69, 9.17) is 14.2 Å². The molecule has 1 aromatic carbocycles. The molecular weight excluding hydrogens is 296 g/mol. The van der Waals surface area contributed by atoms with Gasteiger partial charge in [0.05, 0.1) is 38.7 Å². The van der Waals surface area contributed by atoms with Crippen molar-refractivity contribution >= 4 is 11.6 Å². The van der Waals surface area contributed by atoms with E-state index in [-0.39, 0.29) is 12.0 Å². The van der Waals surface area contributed by atoms with E-state index in [1.165, 1.54) is 0 Å². The normalized spacial score (nSPS) is 18.0. The van der Waals surface area contributed by atoms with Crippen molar-refractivity contribution in [3.8, 4) is 5.75 Å². The molecule has 0 saturated carbocycles. The molecule has 1 N–H and O–H groups in total. The highest BCUT2D eigenvalue weighted by molar-refractivity contribution is 5.92. The molecule has 1 aliphatic heterocycles. The lowest BCUT2D eigenvalue weighted by Crippen LogP contribution is -2.39. The van der Waals surface area contributed by atoms with Gasteiger partial charge in [-0.3, -0.25) is 4.79 Å². The molecule has 0 spiro atoms. The first kappa shape index (κ1) is 17.7. The van der Waals surface area contributed by atoms with Crippen LogP contribution in [0.1, 0.15) is 12.0 Å². The van der Waals surface area contributed by atoms with Crippen LogP contribution in [-0.4, -0.2) is 64.0 Å². The second-order valence-electron chi connectivity index (χ2n) is 5.83. The molecule has 1 fully saturated rings. The summed E-state index contributed by atoms with van der Waals surface area (Å²) in [6, 6.07) is 5.72. The molecule has 0 bridgehead atoms. The maximum atomic E-state index is 12.1. The molecular formula is C17H26N2O4. The lowest BCUT2D eigenvalue weighted by Gasteiger charge is -2.27. The van der Waals surface area contributed by atoms with Gasteiger partial charge in [-0.25, -0.2) is 0 Å². The molecule has 6 heteroatoms. The Morgan fingerprint density at radius 3 is 2.96 bits per heavy atom. The van der Waals surface area contributed by atoms with Crippen molar-refractivity contribution in [2.24, 2.45) is 0 Å². The highest BCUT2D eigenvalue weighted by Crippen LogP contribution is 2.25. The van der Waals surface area contributed by atoms with Crippen molar-refractivity contribution < 1.29 is 19.0 Å². The smallest absolute Gasteiger partial charge is 0.225 e. The van der Waals surface area contributed by atoms with E-state index in [1.54, 1.807) is 7.11 Å².